The van der Waals surface area contributed by atoms with Crippen LogP contribution in [-0.4, -0.2) is 29.9 Å². The van der Waals surface area contributed by atoms with Crippen LogP contribution in [0.4, 0.5) is 0 Å². The number of hydrogen-bond donors (Lipinski definition) is 3. The smallest absolute Gasteiger partial charge is 0.337 e. The van der Waals surface area contributed by atoms with Gasteiger partial charge in [-0.3, -0.25) is 20.4 Å². The Morgan fingerprint density at radius 2 is 1.58 bits per heavy atom. The molecule has 0 spiro atoms. The molecule has 0 aliphatic carbocycles. The summed E-state index contributed by atoms with van der Waals surface area (Å²) in [7, 11) is 1.27. The molecule has 0 bridgehead atoms. The van der Waals surface area contributed by atoms with Gasteiger partial charge in [0.25, 0.3) is 11.8 Å². The molecule has 0 unspecified atom stereocenters. The molecule has 3 N–H and O–H groups in total. The van der Waals surface area contributed by atoms with E-state index in [0.29, 0.717) is 10.6 Å². The molecule has 3 rings (SSSR count). The molecule has 0 aliphatic rings. The standard InChI is InChI=1S/C18H14ClN3O4/c1-26-18(25)11-4-2-10(3-5-11)16(23)21-22-17(24)15-9-12-8-13(19)6-7-14(12)20-15/h2-9,20H,1H3,(H,21,23)(H,22,24). The number of rotatable bonds is 3. The van der Waals surface area contributed by atoms with Gasteiger partial charge in [0.15, 0.2) is 0 Å². The van der Waals surface area contributed by atoms with E-state index in [2.05, 4.69) is 20.6 Å². The summed E-state index contributed by atoms with van der Waals surface area (Å²) in [6.07, 6.45) is 0. The molecule has 132 valence electrons. The first-order chi connectivity index (χ1) is 12.5. The van der Waals surface area contributed by atoms with E-state index in [9.17, 15) is 14.4 Å². The van der Waals surface area contributed by atoms with E-state index in [1.807, 2.05) is 0 Å². The number of methoxy groups -OCH3 is 1. The molecule has 2 aromatic carbocycles. The molecule has 2 amide bonds. The Morgan fingerprint density at radius 3 is 2.27 bits per heavy atom. The normalized spacial score (nSPS) is 10.4. The van der Waals surface area contributed by atoms with Crippen LogP contribution in [-0.2, 0) is 4.74 Å². The highest BCUT2D eigenvalue weighted by Crippen LogP contribution is 2.19. The number of aromatic amines is 1. The third kappa shape index (κ3) is 3.68. The fraction of sp³-hybridized carbons (Fsp3) is 0.0556. The minimum Gasteiger partial charge on any atom is -0.465 e. The zero-order valence-corrected chi connectivity index (χ0v) is 14.4. The molecular weight excluding hydrogens is 358 g/mol. The molecule has 0 saturated heterocycles. The quantitative estimate of drug-likeness (QED) is 0.486. The molecule has 0 aliphatic heterocycles. The van der Waals surface area contributed by atoms with Gasteiger partial charge in [-0.05, 0) is 48.5 Å². The number of nitrogens with one attached hydrogen (secondary N) is 3. The number of hydrazine groups is 1. The van der Waals surface area contributed by atoms with Crippen molar-refractivity contribution in [1.82, 2.24) is 15.8 Å². The van der Waals surface area contributed by atoms with Crippen LogP contribution in [0, 0.1) is 0 Å². The lowest BCUT2D eigenvalue weighted by molar-refractivity contribution is 0.0600. The van der Waals surface area contributed by atoms with Crippen LogP contribution in [0.1, 0.15) is 31.2 Å². The summed E-state index contributed by atoms with van der Waals surface area (Å²) in [5, 5.41) is 1.35. The summed E-state index contributed by atoms with van der Waals surface area (Å²) in [5.41, 5.74) is 6.28. The van der Waals surface area contributed by atoms with Gasteiger partial charge >= 0.3 is 5.97 Å². The van der Waals surface area contributed by atoms with E-state index in [4.69, 9.17) is 11.6 Å². The topological polar surface area (TPSA) is 100 Å². The van der Waals surface area contributed by atoms with Gasteiger partial charge in [-0.15, -0.1) is 0 Å². The Morgan fingerprint density at radius 1 is 0.923 bits per heavy atom. The number of carbonyl (C=O) groups excluding carboxylic acids is 3. The number of amides is 2. The zero-order chi connectivity index (χ0) is 18.7. The van der Waals surface area contributed by atoms with E-state index in [1.54, 1.807) is 24.3 Å². The highest BCUT2D eigenvalue weighted by atomic mass is 35.5. The summed E-state index contributed by atoms with van der Waals surface area (Å²) >= 11 is 5.92. The molecule has 0 fully saturated rings. The SMILES string of the molecule is COC(=O)c1ccc(C(=O)NNC(=O)c2cc3cc(Cl)ccc3[nH]2)cc1. The van der Waals surface area contributed by atoms with Gasteiger partial charge in [0.05, 0.1) is 12.7 Å². The van der Waals surface area contributed by atoms with E-state index in [0.717, 1.165) is 10.9 Å². The van der Waals surface area contributed by atoms with Crippen molar-refractivity contribution in [1.29, 1.82) is 0 Å². The number of ether oxygens (including phenoxy) is 1. The lowest BCUT2D eigenvalue weighted by Gasteiger charge is -2.07. The number of H-pyrrole nitrogens is 1. The molecule has 0 radical (unpaired) electrons. The second-order valence-corrected chi connectivity index (χ2v) is 5.83. The lowest BCUT2D eigenvalue weighted by Crippen LogP contribution is -2.41. The van der Waals surface area contributed by atoms with E-state index in [1.165, 1.54) is 31.4 Å². The van der Waals surface area contributed by atoms with Gasteiger partial charge in [-0.1, -0.05) is 11.6 Å². The number of benzene rings is 2. The highest BCUT2D eigenvalue weighted by Gasteiger charge is 2.13. The maximum atomic E-state index is 12.2. The first kappa shape index (κ1) is 17.5. The van der Waals surface area contributed by atoms with Crippen molar-refractivity contribution in [3.05, 3.63) is 70.4 Å². The monoisotopic (exact) mass is 371 g/mol. The van der Waals surface area contributed by atoms with Gasteiger partial charge in [-0.25, -0.2) is 4.79 Å². The Labute approximate surface area is 153 Å². The Kier molecular flexibility index (Phi) is 4.90. The molecule has 26 heavy (non-hydrogen) atoms. The van der Waals surface area contributed by atoms with Gasteiger partial charge < -0.3 is 9.72 Å². The molecule has 3 aromatic rings. The van der Waals surface area contributed by atoms with E-state index < -0.39 is 17.8 Å². The third-order valence-corrected chi connectivity index (χ3v) is 3.92. The minimum absolute atomic E-state index is 0.279. The number of hydrogen-bond acceptors (Lipinski definition) is 4. The average molecular weight is 372 g/mol. The van der Waals surface area contributed by atoms with Gasteiger partial charge in [-0.2, -0.15) is 0 Å². The number of halogens is 1. The average Bonchev–Trinajstić information content (AvgIpc) is 3.08. The van der Waals surface area contributed by atoms with Crippen molar-refractivity contribution >= 4 is 40.3 Å². The zero-order valence-electron chi connectivity index (χ0n) is 13.6. The van der Waals surface area contributed by atoms with Crippen LogP contribution in [0.3, 0.4) is 0 Å². The fourth-order valence-electron chi connectivity index (χ4n) is 2.35. The van der Waals surface area contributed by atoms with Crippen LogP contribution >= 0.6 is 11.6 Å². The van der Waals surface area contributed by atoms with Crippen molar-refractivity contribution in [3.8, 4) is 0 Å². The molecular formula is C18H14ClN3O4. The van der Waals surface area contributed by atoms with Crippen LogP contribution in [0.15, 0.2) is 48.5 Å². The molecule has 0 saturated carbocycles. The summed E-state index contributed by atoms with van der Waals surface area (Å²) in [6, 6.07) is 12.7. The largest absolute Gasteiger partial charge is 0.465 e. The minimum atomic E-state index is -0.520. The Balaban J connectivity index is 1.64. The van der Waals surface area contributed by atoms with Crippen molar-refractivity contribution in [3.63, 3.8) is 0 Å². The predicted molar refractivity (Wildman–Crippen MR) is 96.0 cm³/mol. The highest BCUT2D eigenvalue weighted by molar-refractivity contribution is 6.31. The molecule has 8 heteroatoms. The predicted octanol–water partition coefficient (Wildman–Crippen LogP) is 2.68. The van der Waals surface area contributed by atoms with E-state index >= 15 is 0 Å². The second-order valence-electron chi connectivity index (χ2n) is 5.39. The van der Waals surface area contributed by atoms with Crippen LogP contribution in [0.5, 0.6) is 0 Å². The van der Waals surface area contributed by atoms with Crippen LogP contribution < -0.4 is 10.9 Å². The maximum Gasteiger partial charge on any atom is 0.337 e. The van der Waals surface area contributed by atoms with Gasteiger partial charge in [0, 0.05) is 21.5 Å². The Hall–Kier alpha value is -3.32. The van der Waals surface area contributed by atoms with Crippen LogP contribution in [0.25, 0.3) is 10.9 Å². The summed E-state index contributed by atoms with van der Waals surface area (Å²) in [4.78, 5) is 38.6. The number of carbonyl (C=O) groups is 3. The van der Waals surface area contributed by atoms with Crippen molar-refractivity contribution in [2.45, 2.75) is 0 Å². The summed E-state index contributed by atoms with van der Waals surface area (Å²) in [5.74, 6) is -1.52. The summed E-state index contributed by atoms with van der Waals surface area (Å²) < 4.78 is 4.59. The fourth-order valence-corrected chi connectivity index (χ4v) is 2.53. The third-order valence-electron chi connectivity index (χ3n) is 3.69. The second kappa shape index (κ2) is 7.28. The molecule has 1 heterocycles. The van der Waals surface area contributed by atoms with Crippen molar-refractivity contribution in [2.24, 2.45) is 0 Å². The number of aromatic nitrogens is 1. The molecule has 7 nitrogen and oxygen atoms in total. The van der Waals surface area contributed by atoms with Gasteiger partial charge in [0.1, 0.15) is 5.69 Å². The van der Waals surface area contributed by atoms with E-state index in [-0.39, 0.29) is 11.3 Å². The number of fused-ring (bicyclic) bond motifs is 1. The van der Waals surface area contributed by atoms with Crippen molar-refractivity contribution in [2.75, 3.05) is 7.11 Å². The van der Waals surface area contributed by atoms with Gasteiger partial charge in [0.2, 0.25) is 0 Å². The first-order valence-electron chi connectivity index (χ1n) is 7.55. The molecule has 0 atom stereocenters. The van der Waals surface area contributed by atoms with Crippen molar-refractivity contribution < 1.29 is 19.1 Å². The number of esters is 1. The van der Waals surface area contributed by atoms with Crippen LogP contribution in [0.2, 0.25) is 5.02 Å². The summed E-state index contributed by atoms with van der Waals surface area (Å²) in [6.45, 7) is 0. The molecule has 1 aromatic heterocycles. The maximum absolute atomic E-state index is 12.2. The first-order valence-corrected chi connectivity index (χ1v) is 7.93. The lowest BCUT2D eigenvalue weighted by atomic mass is 10.1. The Bertz CT molecular complexity index is 995.